The van der Waals surface area contributed by atoms with E-state index in [2.05, 4.69) is 5.32 Å². The SMILES string of the molecule is CC1CCCCN1C(=O)Nc1cccc(Cl)c1C(=O)O. The largest absolute Gasteiger partial charge is 0.478 e. The molecule has 1 aliphatic rings. The van der Waals surface area contributed by atoms with E-state index >= 15 is 0 Å². The summed E-state index contributed by atoms with van der Waals surface area (Å²) in [5.41, 5.74) is 0.153. The van der Waals surface area contributed by atoms with Gasteiger partial charge in [0.15, 0.2) is 0 Å². The van der Waals surface area contributed by atoms with Crippen molar-refractivity contribution in [1.82, 2.24) is 4.90 Å². The van der Waals surface area contributed by atoms with E-state index in [0.29, 0.717) is 6.54 Å². The highest BCUT2D eigenvalue weighted by molar-refractivity contribution is 6.34. The predicted octanol–water partition coefficient (Wildman–Crippen LogP) is 3.44. The number of aromatic carboxylic acids is 1. The Morgan fingerprint density at radius 3 is 2.80 bits per heavy atom. The Hall–Kier alpha value is -1.75. The number of likely N-dealkylation sites (tertiary alicyclic amines) is 1. The van der Waals surface area contributed by atoms with Crippen LogP contribution in [0.5, 0.6) is 0 Å². The Bertz CT molecular complexity index is 533. The number of nitrogens with one attached hydrogen (secondary N) is 1. The molecule has 0 bridgehead atoms. The fourth-order valence-corrected chi connectivity index (χ4v) is 2.69. The van der Waals surface area contributed by atoms with Crippen molar-refractivity contribution in [3.63, 3.8) is 0 Å². The van der Waals surface area contributed by atoms with Crippen LogP contribution >= 0.6 is 11.6 Å². The van der Waals surface area contributed by atoms with Crippen molar-refractivity contribution in [2.45, 2.75) is 32.2 Å². The number of urea groups is 1. The average Bonchev–Trinajstić information content (AvgIpc) is 2.38. The molecule has 2 rings (SSSR count). The molecule has 6 heteroatoms. The molecule has 2 amide bonds. The van der Waals surface area contributed by atoms with Crippen LogP contribution in [0.1, 0.15) is 36.5 Å². The number of benzene rings is 1. The number of piperidine rings is 1. The van der Waals surface area contributed by atoms with Gasteiger partial charge in [0.2, 0.25) is 0 Å². The van der Waals surface area contributed by atoms with Crippen molar-refractivity contribution < 1.29 is 14.7 Å². The summed E-state index contributed by atoms with van der Waals surface area (Å²) in [6.07, 6.45) is 3.05. The van der Waals surface area contributed by atoms with Gasteiger partial charge in [0.1, 0.15) is 5.56 Å². The van der Waals surface area contributed by atoms with Crippen LogP contribution in [0.2, 0.25) is 5.02 Å². The Labute approximate surface area is 122 Å². The standard InChI is InChI=1S/C14H17ClN2O3/c1-9-5-2-3-8-17(9)14(20)16-11-7-4-6-10(15)12(11)13(18)19/h4,6-7,9H,2-3,5,8H2,1H3,(H,16,20)(H,18,19). The number of halogens is 1. The number of carboxylic acids is 1. The van der Waals surface area contributed by atoms with Gasteiger partial charge in [-0.2, -0.15) is 0 Å². The Morgan fingerprint density at radius 2 is 2.15 bits per heavy atom. The van der Waals surface area contributed by atoms with Crippen molar-refractivity contribution >= 4 is 29.3 Å². The summed E-state index contributed by atoms with van der Waals surface area (Å²) >= 11 is 5.88. The number of nitrogens with zero attached hydrogens (tertiary/aromatic N) is 1. The second-order valence-electron chi connectivity index (χ2n) is 4.94. The fraction of sp³-hybridized carbons (Fsp3) is 0.429. The summed E-state index contributed by atoms with van der Waals surface area (Å²) in [6, 6.07) is 4.54. The van der Waals surface area contributed by atoms with Gasteiger partial charge < -0.3 is 15.3 Å². The van der Waals surface area contributed by atoms with E-state index in [1.54, 1.807) is 17.0 Å². The van der Waals surface area contributed by atoms with Crippen LogP contribution in [0.15, 0.2) is 18.2 Å². The van der Waals surface area contributed by atoms with Gasteiger partial charge in [0.25, 0.3) is 0 Å². The second kappa shape index (κ2) is 6.13. The number of amides is 2. The van der Waals surface area contributed by atoms with Gasteiger partial charge in [-0.25, -0.2) is 9.59 Å². The molecular weight excluding hydrogens is 280 g/mol. The van der Waals surface area contributed by atoms with E-state index in [0.717, 1.165) is 19.3 Å². The maximum atomic E-state index is 12.2. The molecule has 2 N–H and O–H groups in total. The number of hydrogen-bond donors (Lipinski definition) is 2. The lowest BCUT2D eigenvalue weighted by Crippen LogP contribution is -2.44. The van der Waals surface area contributed by atoms with Gasteiger partial charge in [-0.05, 0) is 38.3 Å². The maximum absolute atomic E-state index is 12.2. The lowest BCUT2D eigenvalue weighted by atomic mass is 10.0. The lowest BCUT2D eigenvalue weighted by molar-refractivity contribution is 0.0698. The summed E-state index contributed by atoms with van der Waals surface area (Å²) in [4.78, 5) is 25.2. The van der Waals surface area contributed by atoms with Crippen molar-refractivity contribution in [2.24, 2.45) is 0 Å². The molecule has 5 nitrogen and oxygen atoms in total. The van der Waals surface area contributed by atoms with E-state index in [9.17, 15) is 14.7 Å². The molecule has 20 heavy (non-hydrogen) atoms. The predicted molar refractivity (Wildman–Crippen MR) is 77.4 cm³/mol. The summed E-state index contributed by atoms with van der Waals surface area (Å²) in [5.74, 6) is -1.16. The highest BCUT2D eigenvalue weighted by atomic mass is 35.5. The molecule has 1 aromatic carbocycles. The number of rotatable bonds is 2. The zero-order chi connectivity index (χ0) is 14.7. The van der Waals surface area contributed by atoms with E-state index in [1.807, 2.05) is 6.92 Å². The first kappa shape index (κ1) is 14.7. The number of carbonyl (C=O) groups is 2. The van der Waals surface area contributed by atoms with Crippen LogP contribution in [-0.4, -0.2) is 34.6 Å². The van der Waals surface area contributed by atoms with Crippen LogP contribution in [0.25, 0.3) is 0 Å². The number of carboxylic acid groups (broad SMARTS) is 1. The first-order valence-electron chi connectivity index (χ1n) is 6.60. The van der Waals surface area contributed by atoms with E-state index in [1.165, 1.54) is 6.07 Å². The molecule has 108 valence electrons. The normalized spacial score (nSPS) is 18.7. The van der Waals surface area contributed by atoms with E-state index < -0.39 is 5.97 Å². The molecular formula is C14H17ClN2O3. The number of hydrogen-bond acceptors (Lipinski definition) is 2. The molecule has 1 aromatic rings. The van der Waals surface area contributed by atoms with Gasteiger partial charge in [-0.15, -0.1) is 0 Å². The first-order valence-corrected chi connectivity index (χ1v) is 6.98. The summed E-state index contributed by atoms with van der Waals surface area (Å²) < 4.78 is 0. The highest BCUT2D eigenvalue weighted by Gasteiger charge is 2.24. The third-order valence-corrected chi connectivity index (χ3v) is 3.85. The van der Waals surface area contributed by atoms with Crippen LogP contribution in [0, 0.1) is 0 Å². The molecule has 0 aliphatic carbocycles. The molecule has 1 fully saturated rings. The Morgan fingerprint density at radius 1 is 1.40 bits per heavy atom. The molecule has 0 aromatic heterocycles. The Kier molecular flexibility index (Phi) is 4.49. The van der Waals surface area contributed by atoms with Gasteiger partial charge in [0.05, 0.1) is 10.7 Å². The molecule has 1 heterocycles. The van der Waals surface area contributed by atoms with Crippen LogP contribution in [0.3, 0.4) is 0 Å². The van der Waals surface area contributed by atoms with Crippen molar-refractivity contribution in [3.8, 4) is 0 Å². The first-order chi connectivity index (χ1) is 9.50. The van der Waals surface area contributed by atoms with Crippen molar-refractivity contribution in [3.05, 3.63) is 28.8 Å². The topological polar surface area (TPSA) is 69.6 Å². The van der Waals surface area contributed by atoms with Crippen molar-refractivity contribution in [1.29, 1.82) is 0 Å². The van der Waals surface area contributed by atoms with Gasteiger partial charge in [-0.1, -0.05) is 17.7 Å². The van der Waals surface area contributed by atoms with Crippen LogP contribution in [-0.2, 0) is 0 Å². The number of carbonyl (C=O) groups excluding carboxylic acids is 1. The molecule has 0 saturated carbocycles. The Balaban J connectivity index is 2.19. The van der Waals surface area contributed by atoms with E-state index in [-0.39, 0.29) is 28.3 Å². The zero-order valence-corrected chi connectivity index (χ0v) is 12.0. The highest BCUT2D eigenvalue weighted by Crippen LogP contribution is 2.25. The van der Waals surface area contributed by atoms with Gasteiger partial charge in [-0.3, -0.25) is 0 Å². The monoisotopic (exact) mass is 296 g/mol. The molecule has 1 aliphatic heterocycles. The molecule has 1 unspecified atom stereocenters. The summed E-state index contributed by atoms with van der Waals surface area (Å²) in [7, 11) is 0. The average molecular weight is 297 g/mol. The zero-order valence-electron chi connectivity index (χ0n) is 11.2. The summed E-state index contributed by atoms with van der Waals surface area (Å²) in [6.45, 7) is 2.69. The fourth-order valence-electron chi connectivity index (χ4n) is 2.43. The van der Waals surface area contributed by atoms with Crippen molar-refractivity contribution in [2.75, 3.05) is 11.9 Å². The molecule has 0 radical (unpaired) electrons. The van der Waals surface area contributed by atoms with Crippen LogP contribution in [0.4, 0.5) is 10.5 Å². The second-order valence-corrected chi connectivity index (χ2v) is 5.34. The lowest BCUT2D eigenvalue weighted by Gasteiger charge is -2.33. The quantitative estimate of drug-likeness (QED) is 0.878. The molecule has 1 atom stereocenters. The van der Waals surface area contributed by atoms with Gasteiger partial charge >= 0.3 is 12.0 Å². The minimum absolute atomic E-state index is 0.0767. The third kappa shape index (κ3) is 3.04. The minimum atomic E-state index is -1.16. The third-order valence-electron chi connectivity index (χ3n) is 3.53. The molecule has 0 spiro atoms. The van der Waals surface area contributed by atoms with Gasteiger partial charge in [0, 0.05) is 12.6 Å². The smallest absolute Gasteiger partial charge is 0.339 e. The number of anilines is 1. The van der Waals surface area contributed by atoms with Crippen LogP contribution < -0.4 is 5.32 Å². The minimum Gasteiger partial charge on any atom is -0.478 e. The molecule has 1 saturated heterocycles. The summed E-state index contributed by atoms with van der Waals surface area (Å²) in [5, 5.41) is 11.9. The maximum Gasteiger partial charge on any atom is 0.339 e. The van der Waals surface area contributed by atoms with E-state index in [4.69, 9.17) is 11.6 Å².